The fraction of sp³-hybridized carbons (Fsp3) is 0.389. The number of aromatic nitrogens is 2. The number of carbonyl (C=O) groups is 4. The third kappa shape index (κ3) is 8.91. The van der Waals surface area contributed by atoms with Crippen LogP contribution in [-0.2, 0) is 30.0 Å². The molecule has 12 nitrogen and oxygen atoms in total. The molecular formula is C36H38Cl4N6O6. The number of amides is 4. The highest BCUT2D eigenvalue weighted by Crippen LogP contribution is 2.35. The lowest BCUT2D eigenvalue weighted by molar-refractivity contribution is -0.120. The average Bonchev–Trinajstić information content (AvgIpc) is 3.87. The summed E-state index contributed by atoms with van der Waals surface area (Å²) in [5, 5.41) is 14.7. The molecule has 0 unspecified atom stereocenters. The van der Waals surface area contributed by atoms with Gasteiger partial charge in [0.25, 0.3) is 0 Å². The summed E-state index contributed by atoms with van der Waals surface area (Å²) in [5.41, 5.74) is 1.40. The van der Waals surface area contributed by atoms with Gasteiger partial charge in [-0.15, -0.1) is 0 Å². The first-order chi connectivity index (χ1) is 24.3. The standard InChI is InChI=1S/2C18H19Cl2N3O3/c1-18(2,3)14-9-15(22-26-14)21-17(25)13-6-7-16(24)23(13)10-4-5-11(19)12(20)8-10;1-18(2,3)14-9-15(26-22-14)21-17(25)13-6-7-16(24)23(13)10-4-5-11(19)12(20)8-10/h4-5,8-9,13H,6-7H2,1-3H3,(H,21,22,25);4-5,8-9,13H,6-7H2,1-3H3,(H,21,25)/t2*13-/m00/s1. The summed E-state index contributed by atoms with van der Waals surface area (Å²) >= 11 is 24.0. The maximum absolute atomic E-state index is 12.7. The Labute approximate surface area is 321 Å². The van der Waals surface area contributed by atoms with E-state index in [1.807, 2.05) is 41.5 Å². The molecule has 2 aliphatic heterocycles. The van der Waals surface area contributed by atoms with E-state index in [0.29, 0.717) is 55.9 Å². The Bertz CT molecular complexity index is 1860. The van der Waals surface area contributed by atoms with Crippen molar-refractivity contribution in [1.29, 1.82) is 0 Å². The normalized spacial score (nSPS) is 17.7. The van der Waals surface area contributed by atoms with Gasteiger partial charge in [-0.05, 0) is 49.2 Å². The summed E-state index contributed by atoms with van der Waals surface area (Å²) in [6, 6.07) is 11.8. The molecule has 2 atom stereocenters. The second-order valence-corrected chi connectivity index (χ2v) is 16.1. The quantitative estimate of drug-likeness (QED) is 0.197. The molecule has 0 radical (unpaired) electrons. The Hall–Kier alpha value is -4.10. The molecule has 4 aromatic rings. The molecule has 52 heavy (non-hydrogen) atoms. The second-order valence-electron chi connectivity index (χ2n) is 14.5. The van der Waals surface area contributed by atoms with Gasteiger partial charge >= 0.3 is 0 Å². The van der Waals surface area contributed by atoms with Crippen LogP contribution < -0.4 is 20.4 Å². The number of carbonyl (C=O) groups excluding carboxylic acids is 4. The van der Waals surface area contributed by atoms with Gasteiger partial charge in [0.2, 0.25) is 29.5 Å². The van der Waals surface area contributed by atoms with E-state index in [4.69, 9.17) is 55.4 Å². The minimum absolute atomic E-state index is 0.140. The van der Waals surface area contributed by atoms with E-state index in [1.54, 1.807) is 48.5 Å². The fourth-order valence-electron chi connectivity index (χ4n) is 5.57. The monoisotopic (exact) mass is 790 g/mol. The number of halogens is 4. The van der Waals surface area contributed by atoms with Crippen molar-refractivity contribution >= 4 is 93.1 Å². The van der Waals surface area contributed by atoms with Crippen molar-refractivity contribution in [3.63, 3.8) is 0 Å². The van der Waals surface area contributed by atoms with Crippen LogP contribution in [0.2, 0.25) is 20.1 Å². The van der Waals surface area contributed by atoms with E-state index in [0.717, 1.165) is 5.69 Å². The minimum Gasteiger partial charge on any atom is -0.359 e. The van der Waals surface area contributed by atoms with E-state index in [2.05, 4.69) is 20.9 Å². The van der Waals surface area contributed by atoms with Crippen LogP contribution in [0.5, 0.6) is 0 Å². The largest absolute Gasteiger partial charge is 0.359 e. The van der Waals surface area contributed by atoms with E-state index >= 15 is 0 Å². The van der Waals surface area contributed by atoms with Crippen molar-refractivity contribution < 1.29 is 28.2 Å². The Morgan fingerprint density at radius 3 is 1.60 bits per heavy atom. The van der Waals surface area contributed by atoms with Crippen LogP contribution in [0.15, 0.2) is 57.6 Å². The van der Waals surface area contributed by atoms with Gasteiger partial charge in [-0.1, -0.05) is 98.3 Å². The molecule has 2 aromatic carbocycles. The lowest BCUT2D eigenvalue weighted by atomic mass is 9.92. The topological polar surface area (TPSA) is 151 Å². The number of benzene rings is 2. The summed E-state index contributed by atoms with van der Waals surface area (Å²) < 4.78 is 10.5. The third-order valence-corrected chi connectivity index (χ3v) is 9.90. The molecule has 0 bridgehead atoms. The lowest BCUT2D eigenvalue weighted by Crippen LogP contribution is -2.41. The van der Waals surface area contributed by atoms with Crippen LogP contribution in [0, 0.1) is 0 Å². The SMILES string of the molecule is CC(C)(C)c1cc(NC(=O)[C@@H]2CCC(=O)N2c2ccc(Cl)c(Cl)c2)no1.CC(C)(C)c1cc(NC(=O)[C@@H]2CCC(=O)N2c2ccc(Cl)c(Cl)c2)on1. The zero-order valence-corrected chi connectivity index (χ0v) is 32.4. The molecule has 4 heterocycles. The van der Waals surface area contributed by atoms with Gasteiger partial charge < -0.3 is 14.4 Å². The summed E-state index contributed by atoms with van der Waals surface area (Å²) in [7, 11) is 0. The molecule has 0 aliphatic carbocycles. The van der Waals surface area contributed by atoms with Crippen LogP contribution in [0.25, 0.3) is 0 Å². The van der Waals surface area contributed by atoms with Crippen molar-refractivity contribution in [2.24, 2.45) is 0 Å². The molecule has 0 spiro atoms. The van der Waals surface area contributed by atoms with Gasteiger partial charge in [-0.3, -0.25) is 34.3 Å². The number of anilines is 4. The van der Waals surface area contributed by atoms with E-state index in [1.165, 1.54) is 9.80 Å². The zero-order chi connectivity index (χ0) is 38.1. The number of nitrogens with one attached hydrogen (secondary N) is 2. The molecule has 2 fully saturated rings. The maximum atomic E-state index is 12.7. The number of hydrogen-bond donors (Lipinski definition) is 2. The summed E-state index contributed by atoms with van der Waals surface area (Å²) in [4.78, 5) is 52.9. The average molecular weight is 793 g/mol. The number of nitrogens with zero attached hydrogens (tertiary/aromatic N) is 4. The molecule has 16 heteroatoms. The Morgan fingerprint density at radius 1 is 0.673 bits per heavy atom. The van der Waals surface area contributed by atoms with Crippen LogP contribution in [0.4, 0.5) is 23.1 Å². The first-order valence-electron chi connectivity index (χ1n) is 16.4. The number of hydrogen-bond acceptors (Lipinski definition) is 8. The zero-order valence-electron chi connectivity index (χ0n) is 29.4. The van der Waals surface area contributed by atoms with Gasteiger partial charge in [-0.2, -0.15) is 0 Å². The van der Waals surface area contributed by atoms with Crippen LogP contribution in [0.1, 0.15) is 78.7 Å². The highest BCUT2D eigenvalue weighted by molar-refractivity contribution is 6.42. The van der Waals surface area contributed by atoms with Gasteiger partial charge in [0, 0.05) is 47.2 Å². The maximum Gasteiger partial charge on any atom is 0.249 e. The van der Waals surface area contributed by atoms with Crippen molar-refractivity contribution in [1.82, 2.24) is 10.3 Å². The van der Waals surface area contributed by atoms with E-state index in [9.17, 15) is 19.2 Å². The number of rotatable bonds is 6. The van der Waals surface area contributed by atoms with Crippen molar-refractivity contribution in [2.75, 3.05) is 20.4 Å². The predicted octanol–water partition coefficient (Wildman–Crippen LogP) is 8.83. The highest BCUT2D eigenvalue weighted by atomic mass is 35.5. The third-order valence-electron chi connectivity index (χ3n) is 8.42. The van der Waals surface area contributed by atoms with Crippen LogP contribution >= 0.6 is 46.4 Å². The molecule has 6 rings (SSSR count). The van der Waals surface area contributed by atoms with Crippen LogP contribution in [-0.4, -0.2) is 46.0 Å². The molecule has 0 saturated carbocycles. The van der Waals surface area contributed by atoms with Crippen molar-refractivity contribution in [3.8, 4) is 0 Å². The summed E-state index contributed by atoms with van der Waals surface area (Å²) in [6.07, 6.45) is 1.38. The van der Waals surface area contributed by atoms with Crippen LogP contribution in [0.3, 0.4) is 0 Å². The van der Waals surface area contributed by atoms with E-state index in [-0.39, 0.29) is 53.2 Å². The van der Waals surface area contributed by atoms with E-state index < -0.39 is 12.1 Å². The Morgan fingerprint density at radius 2 is 1.17 bits per heavy atom. The molecule has 276 valence electrons. The smallest absolute Gasteiger partial charge is 0.249 e. The fourth-order valence-corrected chi connectivity index (χ4v) is 6.16. The molecule has 4 amide bonds. The highest BCUT2D eigenvalue weighted by Gasteiger charge is 2.39. The predicted molar refractivity (Wildman–Crippen MR) is 202 cm³/mol. The van der Waals surface area contributed by atoms with Gasteiger partial charge in [-0.25, -0.2) is 0 Å². The summed E-state index contributed by atoms with van der Waals surface area (Å²) in [5.74, 6) is 0.308. The van der Waals surface area contributed by atoms with Gasteiger partial charge in [0.15, 0.2) is 5.82 Å². The molecule has 2 saturated heterocycles. The van der Waals surface area contributed by atoms with Gasteiger partial charge in [0.05, 0.1) is 25.8 Å². The molecule has 2 aliphatic rings. The lowest BCUT2D eigenvalue weighted by Gasteiger charge is -2.24. The first-order valence-corrected chi connectivity index (χ1v) is 17.9. The Balaban J connectivity index is 0.000000201. The molecule has 2 N–H and O–H groups in total. The van der Waals surface area contributed by atoms with Crippen molar-refractivity contribution in [3.05, 3.63) is 80.1 Å². The molecular weight excluding hydrogens is 754 g/mol. The summed E-state index contributed by atoms with van der Waals surface area (Å²) in [6.45, 7) is 12.0. The molecule has 2 aromatic heterocycles. The van der Waals surface area contributed by atoms with Crippen molar-refractivity contribution in [2.45, 2.75) is 90.1 Å². The minimum atomic E-state index is -0.650. The second kappa shape index (κ2) is 15.5. The first kappa shape index (κ1) is 39.1. The Kier molecular flexibility index (Phi) is 11.6. The van der Waals surface area contributed by atoms with Gasteiger partial charge in [0.1, 0.15) is 17.8 Å².